The summed E-state index contributed by atoms with van der Waals surface area (Å²) in [6.07, 6.45) is 1.64. The van der Waals surface area contributed by atoms with Crippen molar-refractivity contribution in [1.82, 2.24) is 10.1 Å². The minimum atomic E-state index is -1.16. The average molecular weight is 275 g/mol. The van der Waals surface area contributed by atoms with E-state index in [0.29, 0.717) is 21.8 Å². The Balaban J connectivity index is 2.24. The summed E-state index contributed by atoms with van der Waals surface area (Å²) in [6, 6.07) is 8.44. The Hall–Kier alpha value is -2.40. The Kier molecular flexibility index (Phi) is 2.68. The first kappa shape index (κ1) is 11.7. The average Bonchev–Trinajstić information content (AvgIpc) is 2.89. The van der Waals surface area contributed by atoms with Crippen LogP contribution in [0.3, 0.4) is 0 Å². The van der Waals surface area contributed by atoms with Gasteiger partial charge in [-0.25, -0.2) is 4.79 Å². The molecule has 19 heavy (non-hydrogen) atoms. The highest BCUT2D eigenvalue weighted by Crippen LogP contribution is 2.31. The fraction of sp³-hybridized carbons (Fsp3) is 0. The Morgan fingerprint density at radius 1 is 1.32 bits per heavy atom. The van der Waals surface area contributed by atoms with E-state index in [9.17, 15) is 4.79 Å². The van der Waals surface area contributed by atoms with Gasteiger partial charge in [-0.15, -0.1) is 0 Å². The molecule has 0 amide bonds. The molecule has 0 unspecified atom stereocenters. The van der Waals surface area contributed by atoms with Gasteiger partial charge in [0.15, 0.2) is 0 Å². The van der Waals surface area contributed by atoms with Crippen molar-refractivity contribution >= 4 is 28.5 Å². The molecule has 5 nitrogen and oxygen atoms in total. The van der Waals surface area contributed by atoms with Crippen molar-refractivity contribution in [1.29, 1.82) is 0 Å². The van der Waals surface area contributed by atoms with Gasteiger partial charge in [-0.1, -0.05) is 16.8 Å². The zero-order chi connectivity index (χ0) is 13.4. The molecule has 0 saturated heterocycles. The summed E-state index contributed by atoms with van der Waals surface area (Å²) in [7, 11) is 0. The second-order valence-electron chi connectivity index (χ2n) is 3.88. The van der Waals surface area contributed by atoms with E-state index in [0.717, 1.165) is 5.39 Å². The highest BCUT2D eigenvalue weighted by molar-refractivity contribution is 6.35. The lowest BCUT2D eigenvalue weighted by Crippen LogP contribution is -1.91. The third kappa shape index (κ3) is 1.94. The SMILES string of the molecule is O=C(O)c1cc(-c2ccc(Cl)c3cccnc23)no1. The number of rotatable bonds is 2. The zero-order valence-corrected chi connectivity index (χ0v) is 10.3. The first-order valence-corrected chi connectivity index (χ1v) is 5.78. The number of nitrogens with zero attached hydrogens (tertiary/aromatic N) is 2. The van der Waals surface area contributed by atoms with Crippen molar-refractivity contribution in [2.75, 3.05) is 0 Å². The minimum Gasteiger partial charge on any atom is -0.475 e. The molecule has 2 heterocycles. The van der Waals surface area contributed by atoms with Crippen LogP contribution in [0, 0.1) is 0 Å². The Bertz CT molecular complexity index is 782. The summed E-state index contributed by atoms with van der Waals surface area (Å²) in [5.74, 6) is -1.38. The number of carbonyl (C=O) groups is 1. The highest BCUT2D eigenvalue weighted by Gasteiger charge is 2.15. The van der Waals surface area contributed by atoms with Gasteiger partial charge >= 0.3 is 5.97 Å². The fourth-order valence-corrected chi connectivity index (χ4v) is 2.06. The van der Waals surface area contributed by atoms with Gasteiger partial charge in [0.2, 0.25) is 5.76 Å². The van der Waals surface area contributed by atoms with Gasteiger partial charge in [0, 0.05) is 23.2 Å². The molecule has 2 aromatic heterocycles. The maximum Gasteiger partial charge on any atom is 0.374 e. The summed E-state index contributed by atoms with van der Waals surface area (Å²) < 4.78 is 4.75. The number of aromatic nitrogens is 2. The molecular formula is C13H7ClN2O3. The van der Waals surface area contributed by atoms with Gasteiger partial charge in [0.05, 0.1) is 10.5 Å². The number of hydrogen-bond acceptors (Lipinski definition) is 4. The summed E-state index contributed by atoms with van der Waals surface area (Å²) in [5.41, 5.74) is 1.74. The summed E-state index contributed by atoms with van der Waals surface area (Å²) in [5, 5.41) is 13.9. The summed E-state index contributed by atoms with van der Waals surface area (Å²) in [4.78, 5) is 15.1. The number of aromatic carboxylic acids is 1. The van der Waals surface area contributed by atoms with Crippen LogP contribution in [0.4, 0.5) is 0 Å². The smallest absolute Gasteiger partial charge is 0.374 e. The number of carboxylic acid groups (broad SMARTS) is 1. The summed E-state index contributed by atoms with van der Waals surface area (Å²) in [6.45, 7) is 0. The van der Waals surface area contributed by atoms with Crippen molar-refractivity contribution in [3.63, 3.8) is 0 Å². The second kappa shape index (κ2) is 4.37. The quantitative estimate of drug-likeness (QED) is 0.776. The molecule has 0 radical (unpaired) electrons. The predicted octanol–water partition coefficient (Wildman–Crippen LogP) is 3.24. The van der Waals surface area contributed by atoms with E-state index in [1.165, 1.54) is 6.07 Å². The molecule has 0 fully saturated rings. The lowest BCUT2D eigenvalue weighted by Gasteiger charge is -2.03. The molecule has 3 aromatic rings. The minimum absolute atomic E-state index is 0.214. The molecule has 0 aliphatic rings. The number of benzene rings is 1. The molecule has 0 atom stereocenters. The van der Waals surface area contributed by atoms with Crippen LogP contribution < -0.4 is 0 Å². The maximum atomic E-state index is 10.8. The predicted molar refractivity (Wildman–Crippen MR) is 69.2 cm³/mol. The van der Waals surface area contributed by atoms with E-state index in [-0.39, 0.29) is 5.76 Å². The Morgan fingerprint density at radius 2 is 2.16 bits per heavy atom. The van der Waals surface area contributed by atoms with E-state index in [4.69, 9.17) is 21.2 Å². The molecule has 1 N–H and O–H groups in total. The van der Waals surface area contributed by atoms with Crippen molar-refractivity contribution in [3.8, 4) is 11.3 Å². The Labute approximate surface area is 112 Å². The maximum absolute atomic E-state index is 10.8. The van der Waals surface area contributed by atoms with Crippen LogP contribution in [0.5, 0.6) is 0 Å². The van der Waals surface area contributed by atoms with Crippen molar-refractivity contribution in [2.24, 2.45) is 0 Å². The van der Waals surface area contributed by atoms with E-state index in [1.807, 2.05) is 6.07 Å². The molecule has 3 rings (SSSR count). The Morgan fingerprint density at radius 3 is 2.89 bits per heavy atom. The van der Waals surface area contributed by atoms with Gasteiger partial charge in [0.25, 0.3) is 0 Å². The van der Waals surface area contributed by atoms with Crippen LogP contribution in [0.25, 0.3) is 22.2 Å². The largest absolute Gasteiger partial charge is 0.475 e. The number of fused-ring (bicyclic) bond motifs is 1. The van der Waals surface area contributed by atoms with Crippen molar-refractivity contribution < 1.29 is 14.4 Å². The van der Waals surface area contributed by atoms with E-state index >= 15 is 0 Å². The van der Waals surface area contributed by atoms with Crippen molar-refractivity contribution in [3.05, 3.63) is 47.3 Å². The number of halogens is 1. The van der Waals surface area contributed by atoms with E-state index in [2.05, 4.69) is 10.1 Å². The first-order chi connectivity index (χ1) is 9.16. The van der Waals surface area contributed by atoms with Crippen molar-refractivity contribution in [2.45, 2.75) is 0 Å². The van der Waals surface area contributed by atoms with Crippen LogP contribution in [0.15, 0.2) is 41.1 Å². The standard InChI is InChI=1S/C13H7ClN2O3/c14-9-4-3-8(12-7(9)2-1-5-15-12)10-6-11(13(17)18)19-16-10/h1-6H,(H,17,18). The third-order valence-corrected chi connectivity index (χ3v) is 3.04. The molecule has 0 saturated carbocycles. The van der Waals surface area contributed by atoms with Crippen LogP contribution in [0.1, 0.15) is 10.6 Å². The monoisotopic (exact) mass is 274 g/mol. The number of hydrogen-bond donors (Lipinski definition) is 1. The lowest BCUT2D eigenvalue weighted by molar-refractivity contribution is 0.0652. The van der Waals surface area contributed by atoms with Crippen LogP contribution in [-0.2, 0) is 0 Å². The van der Waals surface area contributed by atoms with Gasteiger partial charge in [-0.3, -0.25) is 4.98 Å². The highest BCUT2D eigenvalue weighted by atomic mass is 35.5. The first-order valence-electron chi connectivity index (χ1n) is 5.40. The van der Waals surface area contributed by atoms with Gasteiger partial charge in [0.1, 0.15) is 5.69 Å². The van der Waals surface area contributed by atoms with Gasteiger partial charge in [-0.05, 0) is 24.3 Å². The zero-order valence-electron chi connectivity index (χ0n) is 9.50. The number of pyridine rings is 1. The molecule has 6 heteroatoms. The van der Waals surface area contributed by atoms with E-state index in [1.54, 1.807) is 24.4 Å². The lowest BCUT2D eigenvalue weighted by atomic mass is 10.1. The molecule has 94 valence electrons. The van der Waals surface area contributed by atoms with Gasteiger partial charge < -0.3 is 9.63 Å². The molecule has 0 aliphatic carbocycles. The molecule has 1 aromatic carbocycles. The van der Waals surface area contributed by atoms with Crippen LogP contribution in [-0.4, -0.2) is 21.2 Å². The molecule has 0 spiro atoms. The molecule has 0 aliphatic heterocycles. The van der Waals surface area contributed by atoms with Gasteiger partial charge in [-0.2, -0.15) is 0 Å². The fourth-order valence-electron chi connectivity index (χ4n) is 1.85. The van der Waals surface area contributed by atoms with Crippen LogP contribution >= 0.6 is 11.6 Å². The topological polar surface area (TPSA) is 76.2 Å². The number of carboxylic acids is 1. The third-order valence-electron chi connectivity index (χ3n) is 2.71. The normalized spacial score (nSPS) is 10.8. The molecular weight excluding hydrogens is 268 g/mol. The van der Waals surface area contributed by atoms with Crippen LogP contribution in [0.2, 0.25) is 5.02 Å². The summed E-state index contributed by atoms with van der Waals surface area (Å²) >= 11 is 6.09. The van der Waals surface area contributed by atoms with E-state index < -0.39 is 5.97 Å². The second-order valence-corrected chi connectivity index (χ2v) is 4.28. The molecule has 0 bridgehead atoms.